The van der Waals surface area contributed by atoms with Gasteiger partial charge in [0.2, 0.25) is 0 Å². The van der Waals surface area contributed by atoms with Crippen molar-refractivity contribution in [2.45, 2.75) is 50.9 Å². The van der Waals surface area contributed by atoms with Gasteiger partial charge in [-0.3, -0.25) is 4.79 Å². The zero-order valence-electron chi connectivity index (χ0n) is 16.5. The molecule has 1 spiro atoms. The number of fused-ring (bicyclic) bond motifs is 1. The minimum absolute atomic E-state index is 0.0360. The Morgan fingerprint density at radius 1 is 1.07 bits per heavy atom. The van der Waals surface area contributed by atoms with Gasteiger partial charge in [-0.2, -0.15) is 0 Å². The summed E-state index contributed by atoms with van der Waals surface area (Å²) in [5.41, 5.74) is 2.23. The lowest BCUT2D eigenvalue weighted by Crippen LogP contribution is -2.47. The third kappa shape index (κ3) is 3.46. The van der Waals surface area contributed by atoms with E-state index in [1.165, 1.54) is 12.1 Å². The van der Waals surface area contributed by atoms with Crippen molar-refractivity contribution >= 4 is 5.91 Å². The summed E-state index contributed by atoms with van der Waals surface area (Å²) >= 11 is 0. The first-order valence-electron chi connectivity index (χ1n) is 10.6. The van der Waals surface area contributed by atoms with E-state index in [1.807, 2.05) is 11.0 Å². The number of carbonyl (C=O) groups is 1. The smallest absolute Gasteiger partial charge is 0.274 e. The van der Waals surface area contributed by atoms with Crippen LogP contribution in [0.5, 0.6) is 0 Å². The van der Waals surface area contributed by atoms with E-state index in [2.05, 4.69) is 4.57 Å². The Kier molecular flexibility index (Phi) is 4.87. The van der Waals surface area contributed by atoms with Crippen molar-refractivity contribution in [2.75, 3.05) is 26.3 Å². The Morgan fingerprint density at radius 2 is 1.86 bits per heavy atom. The number of hydrogen-bond donors (Lipinski definition) is 0. The van der Waals surface area contributed by atoms with Crippen LogP contribution in [0.2, 0.25) is 0 Å². The molecule has 1 aromatic carbocycles. The molecule has 6 nitrogen and oxygen atoms in total. The van der Waals surface area contributed by atoms with E-state index >= 15 is 0 Å². The van der Waals surface area contributed by atoms with Crippen molar-refractivity contribution in [3.63, 3.8) is 0 Å². The molecule has 5 rings (SSSR count). The number of likely N-dealkylation sites (tertiary alicyclic amines) is 1. The standard InChI is InChI=1S/C22H26FN3O3/c23-17-6-4-5-16(15-17)20-24-19(18-7-2-1-3-10-26(18)20)21(27)25-11-8-22(9-12-25)28-13-14-29-22/h4-6,15H,1-3,7-14H2. The number of piperidine rings is 1. The molecular weight excluding hydrogens is 373 g/mol. The summed E-state index contributed by atoms with van der Waals surface area (Å²) in [7, 11) is 0. The Bertz CT molecular complexity index is 910. The summed E-state index contributed by atoms with van der Waals surface area (Å²) in [6.07, 6.45) is 5.41. The van der Waals surface area contributed by atoms with Crippen LogP contribution in [0.15, 0.2) is 24.3 Å². The van der Waals surface area contributed by atoms with Crippen LogP contribution in [-0.4, -0.2) is 52.4 Å². The lowest BCUT2D eigenvalue weighted by Gasteiger charge is -2.37. The van der Waals surface area contributed by atoms with Gasteiger partial charge in [0.05, 0.1) is 18.9 Å². The minimum atomic E-state index is -0.505. The number of amides is 1. The van der Waals surface area contributed by atoms with Gasteiger partial charge in [0, 0.05) is 38.0 Å². The third-order valence-electron chi connectivity index (χ3n) is 6.28. The molecule has 29 heavy (non-hydrogen) atoms. The second-order valence-corrected chi connectivity index (χ2v) is 8.10. The summed E-state index contributed by atoms with van der Waals surface area (Å²) < 4.78 is 27.5. The molecule has 0 saturated carbocycles. The number of halogens is 1. The quantitative estimate of drug-likeness (QED) is 0.777. The zero-order chi connectivity index (χ0) is 19.8. The highest BCUT2D eigenvalue weighted by atomic mass is 19.1. The molecule has 3 aliphatic heterocycles. The average Bonchev–Trinajstić information content (AvgIpc) is 3.25. The van der Waals surface area contributed by atoms with E-state index in [0.29, 0.717) is 50.7 Å². The normalized spacial score (nSPS) is 21.2. The molecule has 2 fully saturated rings. The Morgan fingerprint density at radius 3 is 2.62 bits per heavy atom. The summed E-state index contributed by atoms with van der Waals surface area (Å²) in [5, 5.41) is 0. The van der Waals surface area contributed by atoms with Crippen LogP contribution in [0.1, 0.15) is 48.3 Å². The van der Waals surface area contributed by atoms with Crippen LogP contribution in [0.25, 0.3) is 11.4 Å². The number of benzene rings is 1. The number of hydrogen-bond acceptors (Lipinski definition) is 4. The van der Waals surface area contributed by atoms with Gasteiger partial charge >= 0.3 is 0 Å². The van der Waals surface area contributed by atoms with Gasteiger partial charge in [-0.05, 0) is 31.4 Å². The van der Waals surface area contributed by atoms with Crippen LogP contribution in [0.4, 0.5) is 4.39 Å². The molecule has 0 radical (unpaired) electrons. The maximum absolute atomic E-state index is 13.8. The van der Waals surface area contributed by atoms with Gasteiger partial charge in [-0.1, -0.05) is 18.6 Å². The predicted molar refractivity (Wildman–Crippen MR) is 105 cm³/mol. The number of imidazole rings is 1. The van der Waals surface area contributed by atoms with Crippen molar-refractivity contribution in [1.29, 1.82) is 0 Å². The van der Waals surface area contributed by atoms with Crippen LogP contribution in [0.3, 0.4) is 0 Å². The molecule has 154 valence electrons. The summed E-state index contributed by atoms with van der Waals surface area (Å²) in [4.78, 5) is 20.0. The van der Waals surface area contributed by atoms with Crippen LogP contribution >= 0.6 is 0 Å². The average molecular weight is 399 g/mol. The maximum Gasteiger partial charge on any atom is 0.274 e. The molecule has 0 unspecified atom stereocenters. The number of ether oxygens (including phenoxy) is 2. The summed E-state index contributed by atoms with van der Waals surface area (Å²) in [6.45, 7) is 3.26. The molecule has 0 atom stereocenters. The fourth-order valence-electron chi connectivity index (χ4n) is 4.72. The second-order valence-electron chi connectivity index (χ2n) is 8.10. The summed E-state index contributed by atoms with van der Waals surface area (Å²) in [6, 6.07) is 6.47. The van der Waals surface area contributed by atoms with Crippen molar-refractivity contribution in [3.05, 3.63) is 41.5 Å². The Hall–Kier alpha value is -2.25. The van der Waals surface area contributed by atoms with Crippen molar-refractivity contribution < 1.29 is 18.7 Å². The highest BCUT2D eigenvalue weighted by Gasteiger charge is 2.41. The molecule has 0 aliphatic carbocycles. The molecule has 7 heteroatoms. The van der Waals surface area contributed by atoms with Gasteiger partial charge < -0.3 is 18.9 Å². The maximum atomic E-state index is 13.8. The predicted octanol–water partition coefficient (Wildman–Crippen LogP) is 3.39. The molecule has 1 amide bonds. The van der Waals surface area contributed by atoms with Crippen LogP contribution < -0.4 is 0 Å². The van der Waals surface area contributed by atoms with E-state index in [0.717, 1.165) is 43.5 Å². The monoisotopic (exact) mass is 399 g/mol. The molecule has 2 aromatic rings. The Balaban J connectivity index is 1.46. The topological polar surface area (TPSA) is 56.6 Å². The minimum Gasteiger partial charge on any atom is -0.347 e. The molecule has 0 N–H and O–H groups in total. The largest absolute Gasteiger partial charge is 0.347 e. The highest BCUT2D eigenvalue weighted by molar-refractivity contribution is 5.94. The first-order chi connectivity index (χ1) is 14.2. The number of rotatable bonds is 2. The molecule has 4 heterocycles. The first kappa shape index (κ1) is 18.8. The van der Waals surface area contributed by atoms with Gasteiger partial charge in [0.1, 0.15) is 17.3 Å². The zero-order valence-corrected chi connectivity index (χ0v) is 16.5. The second kappa shape index (κ2) is 7.54. The van der Waals surface area contributed by atoms with Crippen molar-refractivity contribution in [2.24, 2.45) is 0 Å². The van der Waals surface area contributed by atoms with E-state index in [1.54, 1.807) is 6.07 Å². The van der Waals surface area contributed by atoms with Crippen molar-refractivity contribution in [3.8, 4) is 11.4 Å². The molecule has 0 bridgehead atoms. The number of carbonyl (C=O) groups excluding carboxylic acids is 1. The van der Waals surface area contributed by atoms with Gasteiger partial charge in [-0.25, -0.2) is 9.37 Å². The van der Waals surface area contributed by atoms with Crippen LogP contribution in [-0.2, 0) is 22.4 Å². The first-order valence-corrected chi connectivity index (χ1v) is 10.6. The SMILES string of the molecule is O=C(c1nc(-c2cccc(F)c2)n2c1CCCCC2)N1CCC2(CC1)OCCO2. The van der Waals surface area contributed by atoms with Gasteiger partial charge in [-0.15, -0.1) is 0 Å². The van der Waals surface area contributed by atoms with Gasteiger partial charge in [0.25, 0.3) is 5.91 Å². The van der Waals surface area contributed by atoms with E-state index in [9.17, 15) is 9.18 Å². The van der Waals surface area contributed by atoms with E-state index < -0.39 is 5.79 Å². The van der Waals surface area contributed by atoms with E-state index in [4.69, 9.17) is 14.5 Å². The molecule has 2 saturated heterocycles. The van der Waals surface area contributed by atoms with Crippen molar-refractivity contribution in [1.82, 2.24) is 14.5 Å². The molecule has 1 aromatic heterocycles. The number of nitrogens with zero attached hydrogens (tertiary/aromatic N) is 3. The summed E-state index contributed by atoms with van der Waals surface area (Å²) in [5.74, 6) is -0.139. The van der Waals surface area contributed by atoms with E-state index in [-0.39, 0.29) is 11.7 Å². The number of aromatic nitrogens is 2. The molecular formula is C22H26FN3O3. The lowest BCUT2D eigenvalue weighted by atomic mass is 10.0. The third-order valence-corrected chi connectivity index (χ3v) is 6.28. The Labute approximate surface area is 169 Å². The fourth-order valence-corrected chi connectivity index (χ4v) is 4.72. The fraction of sp³-hybridized carbons (Fsp3) is 0.545. The lowest BCUT2D eigenvalue weighted by molar-refractivity contribution is -0.181. The molecule has 3 aliphatic rings. The van der Waals surface area contributed by atoms with Crippen LogP contribution in [0, 0.1) is 5.82 Å². The highest BCUT2D eigenvalue weighted by Crippen LogP contribution is 2.33. The van der Waals surface area contributed by atoms with Gasteiger partial charge in [0.15, 0.2) is 5.79 Å².